The Labute approximate surface area is 148 Å². The molecular weight excluding hydrogens is 318 g/mol. The van der Waals surface area contributed by atoms with Gasteiger partial charge in [-0.3, -0.25) is 14.6 Å². The van der Waals surface area contributed by atoms with Crippen molar-refractivity contribution in [1.29, 1.82) is 0 Å². The number of hydrogen-bond donors (Lipinski definition) is 1. The summed E-state index contributed by atoms with van der Waals surface area (Å²) in [6.45, 7) is 3.92. The van der Waals surface area contributed by atoms with Crippen LogP contribution in [0.25, 0.3) is 0 Å². The van der Waals surface area contributed by atoms with Crippen molar-refractivity contribution in [3.8, 4) is 5.88 Å². The highest BCUT2D eigenvalue weighted by Crippen LogP contribution is 2.45. The van der Waals surface area contributed by atoms with E-state index in [1.807, 2.05) is 18.3 Å². The molecule has 1 saturated carbocycles. The van der Waals surface area contributed by atoms with Gasteiger partial charge in [0.1, 0.15) is 0 Å². The summed E-state index contributed by atoms with van der Waals surface area (Å²) < 4.78 is 5.10. The molecule has 0 unspecified atom stereocenters. The first-order valence-electron chi connectivity index (χ1n) is 9.29. The fourth-order valence-electron chi connectivity index (χ4n) is 5.06. The average Bonchev–Trinajstić information content (AvgIpc) is 3.29. The van der Waals surface area contributed by atoms with Gasteiger partial charge in [0.15, 0.2) is 0 Å². The fraction of sp³-hybridized carbons (Fsp3) is 0.684. The Kier molecular flexibility index (Phi) is 4.41. The zero-order valence-corrected chi connectivity index (χ0v) is 14.9. The molecule has 2 atom stereocenters. The minimum absolute atomic E-state index is 0.233. The maximum absolute atomic E-state index is 12.2. The number of fused-ring (bicyclic) bond motifs is 1. The Morgan fingerprint density at radius 2 is 2.12 bits per heavy atom. The second-order valence-corrected chi connectivity index (χ2v) is 7.90. The normalized spacial score (nSPS) is 30.7. The maximum atomic E-state index is 12.2. The molecule has 6 heteroatoms. The summed E-state index contributed by atoms with van der Waals surface area (Å²) >= 11 is 0. The monoisotopic (exact) mass is 345 g/mol. The van der Waals surface area contributed by atoms with Crippen LogP contribution in [0, 0.1) is 11.3 Å². The molecule has 2 aliphatic heterocycles. The molecule has 1 aliphatic carbocycles. The predicted octanol–water partition coefficient (Wildman–Crippen LogP) is 1.85. The van der Waals surface area contributed by atoms with Crippen LogP contribution in [0.2, 0.25) is 0 Å². The lowest BCUT2D eigenvalue weighted by molar-refractivity contribution is -0.149. The molecule has 25 heavy (non-hydrogen) atoms. The van der Waals surface area contributed by atoms with Crippen molar-refractivity contribution in [3.63, 3.8) is 0 Å². The number of methoxy groups -OCH3 is 1. The topological polar surface area (TPSA) is 65.9 Å². The van der Waals surface area contributed by atoms with E-state index in [-0.39, 0.29) is 5.92 Å². The summed E-state index contributed by atoms with van der Waals surface area (Å²) in [7, 11) is 1.61. The second-order valence-electron chi connectivity index (χ2n) is 7.90. The van der Waals surface area contributed by atoms with Crippen LogP contribution in [-0.2, 0) is 11.3 Å². The number of pyridine rings is 1. The quantitative estimate of drug-likeness (QED) is 0.879. The third-order valence-electron chi connectivity index (χ3n) is 6.39. The first-order chi connectivity index (χ1) is 12.1. The zero-order valence-electron chi connectivity index (χ0n) is 14.9. The number of carboxylic acids is 1. The molecule has 1 aromatic rings. The molecular formula is C19H27N3O3. The Bertz CT molecular complexity index is 629. The van der Waals surface area contributed by atoms with Gasteiger partial charge in [0.25, 0.3) is 0 Å². The molecule has 0 aromatic carbocycles. The maximum Gasteiger partial charge on any atom is 0.312 e. The van der Waals surface area contributed by atoms with Crippen molar-refractivity contribution in [2.45, 2.75) is 38.3 Å². The van der Waals surface area contributed by atoms with Gasteiger partial charge in [-0.2, -0.15) is 0 Å². The third-order valence-corrected chi connectivity index (χ3v) is 6.39. The van der Waals surface area contributed by atoms with Crippen LogP contribution in [0.15, 0.2) is 18.3 Å². The van der Waals surface area contributed by atoms with Crippen LogP contribution in [0.4, 0.5) is 0 Å². The Hall–Kier alpha value is -1.66. The van der Waals surface area contributed by atoms with Gasteiger partial charge in [-0.1, -0.05) is 18.9 Å². The standard InChI is InChI=1S/C19H27N3O3/c1-25-17-7-6-14(8-20-17)9-21-10-15-11-22(16-4-2-3-5-16)13-19(15,12-21)18(23)24/h6-8,15-16H,2-5,9-13H2,1H3,(H,23,24)/t15-,19-/m1/s1. The van der Waals surface area contributed by atoms with E-state index < -0.39 is 11.4 Å². The van der Waals surface area contributed by atoms with E-state index in [1.165, 1.54) is 25.7 Å². The first-order valence-corrected chi connectivity index (χ1v) is 9.29. The van der Waals surface area contributed by atoms with Crippen LogP contribution in [-0.4, -0.2) is 65.2 Å². The van der Waals surface area contributed by atoms with Crippen LogP contribution < -0.4 is 4.74 Å². The summed E-state index contributed by atoms with van der Waals surface area (Å²) in [5, 5.41) is 10.0. The molecule has 136 valence electrons. The predicted molar refractivity (Wildman–Crippen MR) is 93.5 cm³/mol. The molecule has 0 spiro atoms. The van der Waals surface area contributed by atoms with Crippen LogP contribution in [0.3, 0.4) is 0 Å². The van der Waals surface area contributed by atoms with Gasteiger partial charge in [0.05, 0.1) is 12.5 Å². The highest BCUT2D eigenvalue weighted by atomic mass is 16.5. The van der Waals surface area contributed by atoms with E-state index in [4.69, 9.17) is 4.74 Å². The van der Waals surface area contributed by atoms with E-state index in [1.54, 1.807) is 7.11 Å². The average molecular weight is 345 g/mol. The molecule has 0 bridgehead atoms. The van der Waals surface area contributed by atoms with Crippen molar-refractivity contribution in [1.82, 2.24) is 14.8 Å². The smallest absolute Gasteiger partial charge is 0.312 e. The minimum Gasteiger partial charge on any atom is -0.481 e. The molecule has 4 rings (SSSR count). The molecule has 0 amide bonds. The van der Waals surface area contributed by atoms with Gasteiger partial charge in [-0.05, 0) is 18.4 Å². The van der Waals surface area contributed by atoms with Gasteiger partial charge in [0.2, 0.25) is 5.88 Å². The van der Waals surface area contributed by atoms with Crippen molar-refractivity contribution in [2.24, 2.45) is 11.3 Å². The van der Waals surface area contributed by atoms with Crippen LogP contribution in [0.1, 0.15) is 31.2 Å². The van der Waals surface area contributed by atoms with E-state index in [0.29, 0.717) is 18.5 Å². The van der Waals surface area contributed by atoms with E-state index in [0.717, 1.165) is 31.7 Å². The molecule has 0 radical (unpaired) electrons. The number of carboxylic acid groups (broad SMARTS) is 1. The summed E-state index contributed by atoms with van der Waals surface area (Å²) in [5.74, 6) is 0.224. The van der Waals surface area contributed by atoms with Crippen molar-refractivity contribution in [2.75, 3.05) is 33.3 Å². The number of likely N-dealkylation sites (tertiary alicyclic amines) is 2. The van der Waals surface area contributed by atoms with E-state index >= 15 is 0 Å². The molecule has 2 saturated heterocycles. The highest BCUT2D eigenvalue weighted by Gasteiger charge is 2.58. The van der Waals surface area contributed by atoms with Crippen molar-refractivity contribution < 1.29 is 14.6 Å². The third kappa shape index (κ3) is 3.02. The molecule has 6 nitrogen and oxygen atoms in total. The second kappa shape index (κ2) is 6.57. The fourth-order valence-corrected chi connectivity index (χ4v) is 5.06. The number of ether oxygens (including phenoxy) is 1. The van der Waals surface area contributed by atoms with Crippen LogP contribution >= 0.6 is 0 Å². The number of hydrogen-bond acceptors (Lipinski definition) is 5. The van der Waals surface area contributed by atoms with Crippen molar-refractivity contribution >= 4 is 5.97 Å². The Balaban J connectivity index is 1.44. The molecule has 3 fully saturated rings. The largest absolute Gasteiger partial charge is 0.481 e. The highest BCUT2D eigenvalue weighted by molar-refractivity contribution is 5.77. The SMILES string of the molecule is COc1ccc(CN2C[C@@H]3CN(C4CCCC4)C[C@]3(C(=O)O)C2)cn1. The summed E-state index contributed by atoms with van der Waals surface area (Å²) in [4.78, 5) is 21.2. The van der Waals surface area contributed by atoms with Gasteiger partial charge < -0.3 is 9.84 Å². The molecule has 3 aliphatic rings. The number of rotatable bonds is 5. The molecule has 3 heterocycles. The first kappa shape index (κ1) is 16.8. The Morgan fingerprint density at radius 1 is 1.32 bits per heavy atom. The van der Waals surface area contributed by atoms with Gasteiger partial charge in [-0.15, -0.1) is 0 Å². The Morgan fingerprint density at radius 3 is 2.72 bits per heavy atom. The lowest BCUT2D eigenvalue weighted by Crippen LogP contribution is -2.42. The minimum atomic E-state index is -0.617. The summed E-state index contributed by atoms with van der Waals surface area (Å²) in [6, 6.07) is 4.49. The lowest BCUT2D eigenvalue weighted by atomic mass is 9.81. The number of carbonyl (C=O) groups is 1. The lowest BCUT2D eigenvalue weighted by Gasteiger charge is -2.28. The van der Waals surface area contributed by atoms with Crippen molar-refractivity contribution in [3.05, 3.63) is 23.9 Å². The van der Waals surface area contributed by atoms with E-state index in [9.17, 15) is 9.90 Å². The number of aliphatic carboxylic acids is 1. The molecule has 1 aromatic heterocycles. The number of nitrogens with zero attached hydrogens (tertiary/aromatic N) is 3. The zero-order chi connectivity index (χ0) is 17.4. The molecule has 1 N–H and O–H groups in total. The summed E-state index contributed by atoms with van der Waals surface area (Å²) in [6.07, 6.45) is 6.89. The summed E-state index contributed by atoms with van der Waals surface area (Å²) in [5.41, 5.74) is 0.511. The van der Waals surface area contributed by atoms with Gasteiger partial charge in [-0.25, -0.2) is 4.98 Å². The van der Waals surface area contributed by atoms with E-state index in [2.05, 4.69) is 14.8 Å². The van der Waals surface area contributed by atoms with Gasteiger partial charge >= 0.3 is 5.97 Å². The van der Waals surface area contributed by atoms with Crippen LogP contribution in [0.5, 0.6) is 5.88 Å². The number of aromatic nitrogens is 1. The van der Waals surface area contributed by atoms with Gasteiger partial charge in [0, 0.05) is 56.9 Å².